The van der Waals surface area contributed by atoms with Crippen molar-refractivity contribution >= 4 is 0 Å². The van der Waals surface area contributed by atoms with E-state index in [1.165, 1.54) is 32.1 Å². The Kier molecular flexibility index (Phi) is 3.42. The molecule has 14 heavy (non-hydrogen) atoms. The van der Waals surface area contributed by atoms with Crippen LogP contribution in [0.25, 0.3) is 0 Å². The number of nitrogens with zero attached hydrogens (tertiary/aromatic N) is 1. The van der Waals surface area contributed by atoms with Gasteiger partial charge in [-0.2, -0.15) is 0 Å². The van der Waals surface area contributed by atoms with Crippen LogP contribution in [-0.4, -0.2) is 43.3 Å². The Hall–Kier alpha value is -0.120. The first-order valence-electron chi connectivity index (χ1n) is 5.90. The maximum Gasteiger partial charge on any atom is 0.0594 e. The Morgan fingerprint density at radius 1 is 1.07 bits per heavy atom. The first-order chi connectivity index (χ1) is 6.87. The highest BCUT2D eigenvalue weighted by Gasteiger charge is 2.37. The minimum atomic E-state index is 0.321. The van der Waals surface area contributed by atoms with E-state index in [0.29, 0.717) is 5.54 Å². The number of rotatable bonds is 2. The molecule has 2 rings (SSSR count). The molecule has 0 aromatic carbocycles. The SMILES string of the molecule is NCC1(N2CCOCC2)CCCCC1. The molecule has 82 valence electrons. The molecule has 3 heteroatoms. The van der Waals surface area contributed by atoms with Crippen molar-refractivity contribution in [2.75, 3.05) is 32.8 Å². The first-order valence-corrected chi connectivity index (χ1v) is 5.90. The van der Waals surface area contributed by atoms with Gasteiger partial charge < -0.3 is 10.5 Å². The zero-order valence-electron chi connectivity index (χ0n) is 9.00. The summed E-state index contributed by atoms with van der Waals surface area (Å²) >= 11 is 0. The molecule has 0 spiro atoms. The van der Waals surface area contributed by atoms with Gasteiger partial charge in [0.1, 0.15) is 0 Å². The minimum Gasteiger partial charge on any atom is -0.379 e. The van der Waals surface area contributed by atoms with Crippen molar-refractivity contribution in [3.8, 4) is 0 Å². The molecule has 0 unspecified atom stereocenters. The molecule has 1 aliphatic carbocycles. The quantitative estimate of drug-likeness (QED) is 0.719. The van der Waals surface area contributed by atoms with Gasteiger partial charge in [-0.3, -0.25) is 4.90 Å². The molecule has 0 amide bonds. The van der Waals surface area contributed by atoms with Crippen molar-refractivity contribution in [3.05, 3.63) is 0 Å². The second kappa shape index (κ2) is 4.60. The smallest absolute Gasteiger partial charge is 0.0594 e. The van der Waals surface area contributed by atoms with Gasteiger partial charge in [-0.1, -0.05) is 19.3 Å². The summed E-state index contributed by atoms with van der Waals surface area (Å²) in [6.07, 6.45) is 6.70. The number of morpholine rings is 1. The van der Waals surface area contributed by atoms with Crippen LogP contribution in [0.2, 0.25) is 0 Å². The van der Waals surface area contributed by atoms with Gasteiger partial charge in [-0.25, -0.2) is 0 Å². The molecule has 0 aromatic rings. The standard InChI is InChI=1S/C11H22N2O/c12-10-11(4-2-1-3-5-11)13-6-8-14-9-7-13/h1-10,12H2. The van der Waals surface area contributed by atoms with Gasteiger partial charge in [-0.15, -0.1) is 0 Å². The van der Waals surface area contributed by atoms with Crippen LogP contribution < -0.4 is 5.73 Å². The number of hydrogen-bond acceptors (Lipinski definition) is 3. The molecule has 2 fully saturated rings. The number of nitrogens with two attached hydrogens (primary N) is 1. The van der Waals surface area contributed by atoms with E-state index in [1.54, 1.807) is 0 Å². The average Bonchev–Trinajstić information content (AvgIpc) is 2.31. The largest absolute Gasteiger partial charge is 0.379 e. The minimum absolute atomic E-state index is 0.321. The predicted molar refractivity (Wildman–Crippen MR) is 57.3 cm³/mol. The molecule has 0 aromatic heterocycles. The molecule has 2 N–H and O–H groups in total. The Balaban J connectivity index is 2.01. The van der Waals surface area contributed by atoms with Crippen molar-refractivity contribution in [2.45, 2.75) is 37.6 Å². The molecular weight excluding hydrogens is 176 g/mol. The lowest BCUT2D eigenvalue weighted by atomic mass is 9.80. The van der Waals surface area contributed by atoms with Crippen molar-refractivity contribution < 1.29 is 4.74 Å². The van der Waals surface area contributed by atoms with Crippen molar-refractivity contribution in [2.24, 2.45) is 5.73 Å². The Bertz CT molecular complexity index is 172. The lowest BCUT2D eigenvalue weighted by Crippen LogP contribution is -2.58. The average molecular weight is 198 g/mol. The van der Waals surface area contributed by atoms with Crippen LogP contribution in [-0.2, 0) is 4.74 Å². The number of ether oxygens (including phenoxy) is 1. The maximum atomic E-state index is 5.99. The Morgan fingerprint density at radius 3 is 2.29 bits per heavy atom. The summed E-state index contributed by atoms with van der Waals surface area (Å²) < 4.78 is 5.40. The second-order valence-corrected chi connectivity index (χ2v) is 4.59. The third-order valence-corrected chi connectivity index (χ3v) is 3.85. The molecule has 1 aliphatic heterocycles. The van der Waals surface area contributed by atoms with Gasteiger partial charge in [0.25, 0.3) is 0 Å². The fraction of sp³-hybridized carbons (Fsp3) is 1.00. The summed E-state index contributed by atoms with van der Waals surface area (Å²) in [5.74, 6) is 0. The Labute approximate surface area is 86.6 Å². The van der Waals surface area contributed by atoms with Crippen molar-refractivity contribution in [1.29, 1.82) is 0 Å². The molecular formula is C11H22N2O. The lowest BCUT2D eigenvalue weighted by Gasteiger charge is -2.47. The molecule has 0 radical (unpaired) electrons. The van der Waals surface area contributed by atoms with Crippen LogP contribution >= 0.6 is 0 Å². The molecule has 0 bridgehead atoms. The highest BCUT2D eigenvalue weighted by Crippen LogP contribution is 2.33. The highest BCUT2D eigenvalue weighted by atomic mass is 16.5. The fourth-order valence-corrected chi connectivity index (χ4v) is 2.90. The summed E-state index contributed by atoms with van der Waals surface area (Å²) in [7, 11) is 0. The monoisotopic (exact) mass is 198 g/mol. The first kappa shape index (κ1) is 10.4. The van der Waals surface area contributed by atoms with E-state index in [2.05, 4.69) is 4.90 Å². The van der Waals surface area contributed by atoms with Gasteiger partial charge in [0.15, 0.2) is 0 Å². The molecule has 1 saturated carbocycles. The zero-order chi connectivity index (χ0) is 9.86. The third kappa shape index (κ3) is 1.95. The van der Waals surface area contributed by atoms with Crippen LogP contribution in [0.1, 0.15) is 32.1 Å². The molecule has 0 atom stereocenters. The molecule has 2 aliphatic rings. The number of hydrogen-bond donors (Lipinski definition) is 1. The molecule has 1 heterocycles. The van der Waals surface area contributed by atoms with E-state index in [-0.39, 0.29) is 0 Å². The van der Waals surface area contributed by atoms with E-state index in [9.17, 15) is 0 Å². The normalized spacial score (nSPS) is 28.9. The lowest BCUT2D eigenvalue weighted by molar-refractivity contribution is -0.0335. The summed E-state index contributed by atoms with van der Waals surface area (Å²) in [6, 6.07) is 0. The van der Waals surface area contributed by atoms with Gasteiger partial charge >= 0.3 is 0 Å². The molecule has 3 nitrogen and oxygen atoms in total. The van der Waals surface area contributed by atoms with Gasteiger partial charge in [0.05, 0.1) is 13.2 Å². The summed E-state index contributed by atoms with van der Waals surface area (Å²) in [4.78, 5) is 2.58. The molecule has 1 saturated heterocycles. The summed E-state index contributed by atoms with van der Waals surface area (Å²) in [6.45, 7) is 4.77. The predicted octanol–water partition coefficient (Wildman–Crippen LogP) is 0.980. The van der Waals surface area contributed by atoms with Gasteiger partial charge in [0, 0.05) is 25.2 Å². The van der Waals surface area contributed by atoms with E-state index in [1.807, 2.05) is 0 Å². The second-order valence-electron chi connectivity index (χ2n) is 4.59. The van der Waals surface area contributed by atoms with Crippen molar-refractivity contribution in [3.63, 3.8) is 0 Å². The Morgan fingerprint density at radius 2 is 1.71 bits per heavy atom. The maximum absolute atomic E-state index is 5.99. The van der Waals surface area contributed by atoms with Gasteiger partial charge in [-0.05, 0) is 12.8 Å². The third-order valence-electron chi connectivity index (χ3n) is 3.85. The van der Waals surface area contributed by atoms with Crippen LogP contribution in [0.15, 0.2) is 0 Å². The van der Waals surface area contributed by atoms with Crippen LogP contribution in [0, 0.1) is 0 Å². The summed E-state index contributed by atoms with van der Waals surface area (Å²) in [5, 5.41) is 0. The zero-order valence-corrected chi connectivity index (χ0v) is 9.00. The van der Waals surface area contributed by atoms with E-state index >= 15 is 0 Å². The van der Waals surface area contributed by atoms with Crippen molar-refractivity contribution in [1.82, 2.24) is 4.90 Å². The topological polar surface area (TPSA) is 38.5 Å². The van der Waals surface area contributed by atoms with Crippen LogP contribution in [0.4, 0.5) is 0 Å². The van der Waals surface area contributed by atoms with E-state index in [4.69, 9.17) is 10.5 Å². The van der Waals surface area contributed by atoms with Crippen LogP contribution in [0.3, 0.4) is 0 Å². The fourth-order valence-electron chi connectivity index (χ4n) is 2.90. The summed E-state index contributed by atoms with van der Waals surface area (Å²) in [5.41, 5.74) is 6.31. The highest BCUT2D eigenvalue weighted by molar-refractivity contribution is 4.94. The van der Waals surface area contributed by atoms with Gasteiger partial charge in [0.2, 0.25) is 0 Å². The van der Waals surface area contributed by atoms with E-state index in [0.717, 1.165) is 32.8 Å². The van der Waals surface area contributed by atoms with E-state index < -0.39 is 0 Å². The van der Waals surface area contributed by atoms with Crippen LogP contribution in [0.5, 0.6) is 0 Å².